The second-order valence-electron chi connectivity index (χ2n) is 5.89. The Morgan fingerprint density at radius 3 is 2.70 bits per heavy atom. The first-order valence-electron chi connectivity index (χ1n) is 7.44. The van der Waals surface area contributed by atoms with Crippen LogP contribution in [0.15, 0.2) is 16.3 Å². The standard InChI is InChI=1S/C14H22N2O2S2/c17-20(18,16-7-6-11-2-1-3-11)14-8-13(19-10-14)9-15-12-4-5-12/h8,10-12,15-16H,1-7,9H2. The summed E-state index contributed by atoms with van der Waals surface area (Å²) in [6.45, 7) is 1.35. The minimum absolute atomic E-state index is 0.420. The third-order valence-corrected chi connectivity index (χ3v) is 6.68. The maximum absolute atomic E-state index is 12.2. The van der Waals surface area contributed by atoms with Crippen molar-refractivity contribution < 1.29 is 8.42 Å². The molecule has 0 saturated heterocycles. The molecule has 4 nitrogen and oxygen atoms in total. The van der Waals surface area contributed by atoms with Gasteiger partial charge in [-0.3, -0.25) is 0 Å². The summed E-state index contributed by atoms with van der Waals surface area (Å²) >= 11 is 1.52. The van der Waals surface area contributed by atoms with Gasteiger partial charge in [-0.2, -0.15) is 0 Å². The third-order valence-electron chi connectivity index (χ3n) is 4.15. The van der Waals surface area contributed by atoms with Gasteiger partial charge in [-0.25, -0.2) is 13.1 Å². The normalized spacial score (nSPS) is 20.0. The molecule has 0 aromatic carbocycles. The Labute approximate surface area is 125 Å². The summed E-state index contributed by atoms with van der Waals surface area (Å²) in [5.74, 6) is 0.735. The molecule has 1 aromatic heterocycles. The molecule has 0 aliphatic heterocycles. The van der Waals surface area contributed by atoms with Crippen molar-refractivity contribution in [3.63, 3.8) is 0 Å². The topological polar surface area (TPSA) is 58.2 Å². The van der Waals surface area contributed by atoms with Crippen LogP contribution in [0.5, 0.6) is 0 Å². The molecule has 20 heavy (non-hydrogen) atoms. The average molecular weight is 314 g/mol. The Kier molecular flexibility index (Phi) is 4.45. The molecule has 0 unspecified atom stereocenters. The Hall–Kier alpha value is -0.430. The molecule has 2 fully saturated rings. The average Bonchev–Trinajstić information content (AvgIpc) is 3.06. The number of sulfonamides is 1. The predicted molar refractivity (Wildman–Crippen MR) is 81.3 cm³/mol. The van der Waals surface area contributed by atoms with E-state index in [1.54, 1.807) is 11.4 Å². The molecule has 0 radical (unpaired) electrons. The molecule has 2 saturated carbocycles. The third kappa shape index (κ3) is 3.81. The van der Waals surface area contributed by atoms with Gasteiger partial charge in [-0.15, -0.1) is 11.3 Å². The van der Waals surface area contributed by atoms with E-state index in [0.29, 0.717) is 17.5 Å². The zero-order chi connectivity index (χ0) is 14.0. The Balaban J connectivity index is 1.49. The summed E-state index contributed by atoms with van der Waals surface area (Å²) in [6.07, 6.45) is 7.30. The molecule has 1 aromatic rings. The summed E-state index contributed by atoms with van der Waals surface area (Å²) in [7, 11) is -3.31. The summed E-state index contributed by atoms with van der Waals surface area (Å²) in [5.41, 5.74) is 0. The Morgan fingerprint density at radius 1 is 1.25 bits per heavy atom. The lowest BCUT2D eigenvalue weighted by molar-refractivity contribution is 0.297. The largest absolute Gasteiger partial charge is 0.309 e. The van der Waals surface area contributed by atoms with E-state index in [1.807, 2.05) is 0 Å². The highest BCUT2D eigenvalue weighted by molar-refractivity contribution is 7.89. The molecular weight excluding hydrogens is 292 g/mol. The number of hydrogen-bond donors (Lipinski definition) is 2. The lowest BCUT2D eigenvalue weighted by Gasteiger charge is -2.24. The highest BCUT2D eigenvalue weighted by Crippen LogP contribution is 2.29. The van der Waals surface area contributed by atoms with Gasteiger partial charge in [-0.1, -0.05) is 19.3 Å². The van der Waals surface area contributed by atoms with E-state index in [2.05, 4.69) is 10.0 Å². The van der Waals surface area contributed by atoms with Crippen LogP contribution in [0.4, 0.5) is 0 Å². The van der Waals surface area contributed by atoms with Gasteiger partial charge in [0.05, 0.1) is 4.90 Å². The van der Waals surface area contributed by atoms with Crippen LogP contribution in [-0.2, 0) is 16.6 Å². The fraction of sp³-hybridized carbons (Fsp3) is 0.714. The summed E-state index contributed by atoms with van der Waals surface area (Å²) in [5, 5.41) is 5.15. The van der Waals surface area contributed by atoms with E-state index >= 15 is 0 Å². The van der Waals surface area contributed by atoms with Crippen molar-refractivity contribution in [2.24, 2.45) is 5.92 Å². The lowest BCUT2D eigenvalue weighted by atomic mass is 9.83. The smallest absolute Gasteiger partial charge is 0.241 e. The molecule has 2 N–H and O–H groups in total. The molecule has 0 spiro atoms. The van der Waals surface area contributed by atoms with Crippen molar-refractivity contribution in [2.45, 2.75) is 56.0 Å². The van der Waals surface area contributed by atoms with Crippen LogP contribution in [0, 0.1) is 5.92 Å². The number of nitrogens with one attached hydrogen (secondary N) is 2. The number of rotatable bonds is 8. The Bertz CT molecular complexity index is 545. The van der Waals surface area contributed by atoms with Crippen molar-refractivity contribution in [3.8, 4) is 0 Å². The van der Waals surface area contributed by atoms with Crippen LogP contribution < -0.4 is 10.0 Å². The molecule has 2 aliphatic rings. The number of hydrogen-bond acceptors (Lipinski definition) is 4. The first-order chi connectivity index (χ1) is 9.63. The highest BCUT2D eigenvalue weighted by atomic mass is 32.2. The zero-order valence-corrected chi connectivity index (χ0v) is 13.2. The van der Waals surface area contributed by atoms with Crippen molar-refractivity contribution in [1.29, 1.82) is 0 Å². The first kappa shape index (κ1) is 14.5. The van der Waals surface area contributed by atoms with E-state index in [-0.39, 0.29) is 0 Å². The van der Waals surface area contributed by atoms with E-state index in [9.17, 15) is 8.42 Å². The summed E-state index contributed by atoms with van der Waals surface area (Å²) in [4.78, 5) is 1.51. The molecule has 2 aliphatic carbocycles. The molecule has 0 amide bonds. The van der Waals surface area contributed by atoms with Crippen LogP contribution in [-0.4, -0.2) is 21.0 Å². The van der Waals surface area contributed by atoms with E-state index in [1.165, 1.54) is 43.4 Å². The van der Waals surface area contributed by atoms with E-state index in [0.717, 1.165) is 23.8 Å². The van der Waals surface area contributed by atoms with E-state index in [4.69, 9.17) is 0 Å². The summed E-state index contributed by atoms with van der Waals surface area (Å²) < 4.78 is 27.0. The van der Waals surface area contributed by atoms with Gasteiger partial charge >= 0.3 is 0 Å². The van der Waals surface area contributed by atoms with Gasteiger partial charge in [0.15, 0.2) is 0 Å². The van der Waals surface area contributed by atoms with Crippen molar-refractivity contribution >= 4 is 21.4 Å². The van der Waals surface area contributed by atoms with Crippen LogP contribution >= 0.6 is 11.3 Å². The number of thiophene rings is 1. The van der Waals surface area contributed by atoms with Gasteiger partial charge in [0.25, 0.3) is 0 Å². The fourth-order valence-corrected chi connectivity index (χ4v) is 4.66. The second-order valence-corrected chi connectivity index (χ2v) is 8.65. The molecule has 3 rings (SSSR count). The first-order valence-corrected chi connectivity index (χ1v) is 9.80. The molecule has 112 valence electrons. The van der Waals surface area contributed by atoms with Crippen molar-refractivity contribution in [2.75, 3.05) is 6.54 Å². The SMILES string of the molecule is O=S(=O)(NCCC1CCC1)c1csc(CNC2CC2)c1. The van der Waals surface area contributed by atoms with Crippen LogP contribution in [0.3, 0.4) is 0 Å². The van der Waals surface area contributed by atoms with Gasteiger partial charge < -0.3 is 5.32 Å². The molecule has 6 heteroatoms. The lowest BCUT2D eigenvalue weighted by Crippen LogP contribution is -2.27. The van der Waals surface area contributed by atoms with Gasteiger partial charge in [-0.05, 0) is 31.2 Å². The zero-order valence-electron chi connectivity index (χ0n) is 11.6. The molecule has 0 bridgehead atoms. The maximum atomic E-state index is 12.2. The summed E-state index contributed by atoms with van der Waals surface area (Å²) in [6, 6.07) is 2.45. The quantitative estimate of drug-likeness (QED) is 0.775. The van der Waals surface area contributed by atoms with Gasteiger partial charge in [0.2, 0.25) is 10.0 Å². The second kappa shape index (κ2) is 6.13. The molecule has 1 heterocycles. The van der Waals surface area contributed by atoms with Crippen LogP contribution in [0.1, 0.15) is 43.4 Å². The monoisotopic (exact) mass is 314 g/mol. The van der Waals surface area contributed by atoms with Crippen LogP contribution in [0.25, 0.3) is 0 Å². The fourth-order valence-electron chi connectivity index (χ4n) is 2.39. The van der Waals surface area contributed by atoms with Crippen molar-refractivity contribution in [3.05, 3.63) is 16.3 Å². The molecule has 0 atom stereocenters. The van der Waals surface area contributed by atoms with Crippen LogP contribution in [0.2, 0.25) is 0 Å². The minimum Gasteiger partial charge on any atom is -0.309 e. The predicted octanol–water partition coefficient (Wildman–Crippen LogP) is 2.47. The van der Waals surface area contributed by atoms with Gasteiger partial charge in [0.1, 0.15) is 0 Å². The minimum atomic E-state index is -3.31. The maximum Gasteiger partial charge on any atom is 0.241 e. The molecular formula is C14H22N2O2S2. The highest BCUT2D eigenvalue weighted by Gasteiger charge is 2.22. The van der Waals surface area contributed by atoms with E-state index < -0.39 is 10.0 Å². The van der Waals surface area contributed by atoms with Gasteiger partial charge in [0, 0.05) is 29.4 Å². The van der Waals surface area contributed by atoms with Crippen molar-refractivity contribution in [1.82, 2.24) is 10.0 Å². The Morgan fingerprint density at radius 2 is 2.05 bits per heavy atom.